The maximum atomic E-state index is 12.4. The number of anilines is 1. The van der Waals surface area contributed by atoms with E-state index in [-0.39, 0.29) is 23.7 Å². The van der Waals surface area contributed by atoms with Crippen LogP contribution in [0.1, 0.15) is 29.4 Å². The molecule has 0 saturated carbocycles. The van der Waals surface area contributed by atoms with Crippen molar-refractivity contribution in [2.24, 2.45) is 0 Å². The number of fused-ring (bicyclic) bond motifs is 1. The highest BCUT2D eigenvalue weighted by atomic mass is 16.5. The van der Waals surface area contributed by atoms with E-state index < -0.39 is 0 Å². The Bertz CT molecular complexity index is 1110. The van der Waals surface area contributed by atoms with Gasteiger partial charge < -0.3 is 19.4 Å². The van der Waals surface area contributed by atoms with Crippen molar-refractivity contribution in [2.75, 3.05) is 18.5 Å². The lowest BCUT2D eigenvalue weighted by Gasteiger charge is -2.25. The van der Waals surface area contributed by atoms with Crippen LogP contribution in [0.3, 0.4) is 0 Å². The van der Waals surface area contributed by atoms with Crippen LogP contribution in [-0.2, 0) is 30.7 Å². The van der Waals surface area contributed by atoms with E-state index in [2.05, 4.69) is 36.5 Å². The Hall–Kier alpha value is -3.38. The van der Waals surface area contributed by atoms with Crippen molar-refractivity contribution in [1.82, 2.24) is 0 Å². The summed E-state index contributed by atoms with van der Waals surface area (Å²) in [5.74, 6) is 0.329. The SMILES string of the molecule is CCc1ccc(NC(=O)COc2coc(C[NH+]3CCc4ccccc4C3)cc2=O)cc1. The lowest BCUT2D eigenvalue weighted by molar-refractivity contribution is -0.930. The number of ether oxygens (including phenoxy) is 1. The van der Waals surface area contributed by atoms with E-state index in [9.17, 15) is 9.59 Å². The van der Waals surface area contributed by atoms with E-state index in [1.165, 1.54) is 33.9 Å². The van der Waals surface area contributed by atoms with Crippen molar-refractivity contribution in [3.8, 4) is 5.75 Å². The van der Waals surface area contributed by atoms with Gasteiger partial charge in [0, 0.05) is 23.7 Å². The molecule has 1 aliphatic heterocycles. The highest BCUT2D eigenvalue weighted by Crippen LogP contribution is 2.12. The molecule has 3 aromatic rings. The first-order valence-corrected chi connectivity index (χ1v) is 10.6. The van der Waals surface area contributed by atoms with Crippen LogP contribution < -0.4 is 20.4 Å². The first-order chi connectivity index (χ1) is 15.1. The summed E-state index contributed by atoms with van der Waals surface area (Å²) in [6.07, 6.45) is 3.27. The number of carbonyl (C=O) groups is 1. The van der Waals surface area contributed by atoms with E-state index in [0.29, 0.717) is 18.0 Å². The maximum absolute atomic E-state index is 12.4. The predicted molar refractivity (Wildman–Crippen MR) is 118 cm³/mol. The molecule has 2 heterocycles. The third-order valence-electron chi connectivity index (χ3n) is 5.59. The van der Waals surface area contributed by atoms with E-state index in [1.807, 2.05) is 24.3 Å². The van der Waals surface area contributed by atoms with Crippen LogP contribution in [0.2, 0.25) is 0 Å². The fourth-order valence-electron chi connectivity index (χ4n) is 3.84. The fourth-order valence-corrected chi connectivity index (χ4v) is 3.84. The third-order valence-corrected chi connectivity index (χ3v) is 5.59. The molecule has 1 amide bonds. The second-order valence-corrected chi connectivity index (χ2v) is 7.83. The number of nitrogens with one attached hydrogen (secondary N) is 2. The van der Waals surface area contributed by atoms with Crippen molar-refractivity contribution < 1.29 is 18.8 Å². The molecule has 2 N–H and O–H groups in total. The summed E-state index contributed by atoms with van der Waals surface area (Å²) in [7, 11) is 0. The Morgan fingerprint density at radius 2 is 1.90 bits per heavy atom. The number of carbonyl (C=O) groups excluding carboxylic acids is 1. The second kappa shape index (κ2) is 9.62. The van der Waals surface area contributed by atoms with Crippen molar-refractivity contribution in [2.45, 2.75) is 32.9 Å². The Balaban J connectivity index is 1.30. The van der Waals surface area contributed by atoms with Crippen LogP contribution in [0.5, 0.6) is 5.75 Å². The van der Waals surface area contributed by atoms with Gasteiger partial charge in [0.25, 0.3) is 5.91 Å². The quantitative estimate of drug-likeness (QED) is 0.617. The summed E-state index contributed by atoms with van der Waals surface area (Å²) >= 11 is 0. The highest BCUT2D eigenvalue weighted by molar-refractivity contribution is 5.91. The number of hydrogen-bond donors (Lipinski definition) is 2. The van der Waals surface area contributed by atoms with E-state index in [0.717, 1.165) is 25.9 Å². The summed E-state index contributed by atoms with van der Waals surface area (Å²) in [4.78, 5) is 25.9. The average Bonchev–Trinajstić information content (AvgIpc) is 2.79. The van der Waals surface area contributed by atoms with Gasteiger partial charge in [-0.15, -0.1) is 0 Å². The molecule has 0 spiro atoms. The van der Waals surface area contributed by atoms with Gasteiger partial charge in [0.1, 0.15) is 19.4 Å². The number of aryl methyl sites for hydroxylation is 1. The van der Waals surface area contributed by atoms with Gasteiger partial charge in [-0.3, -0.25) is 9.59 Å². The number of hydrogen-bond acceptors (Lipinski definition) is 4. The minimum Gasteiger partial charge on any atom is -0.477 e. The zero-order chi connectivity index (χ0) is 21.6. The van der Waals surface area contributed by atoms with Gasteiger partial charge in [-0.05, 0) is 29.7 Å². The Labute approximate surface area is 181 Å². The lowest BCUT2D eigenvalue weighted by Crippen LogP contribution is -3.10. The summed E-state index contributed by atoms with van der Waals surface area (Å²) in [5, 5.41) is 2.76. The monoisotopic (exact) mass is 419 g/mol. The molecule has 0 fully saturated rings. The molecule has 1 aromatic heterocycles. The molecular formula is C25H27N2O4+. The third kappa shape index (κ3) is 5.41. The summed E-state index contributed by atoms with van der Waals surface area (Å²) < 4.78 is 11.0. The molecule has 1 aliphatic rings. The molecular weight excluding hydrogens is 392 g/mol. The van der Waals surface area contributed by atoms with Gasteiger partial charge >= 0.3 is 0 Å². The lowest BCUT2D eigenvalue weighted by atomic mass is 10.00. The summed E-state index contributed by atoms with van der Waals surface area (Å²) in [5.41, 5.74) is 4.36. The predicted octanol–water partition coefficient (Wildman–Crippen LogP) is 2.36. The first kappa shape index (κ1) is 20.9. The van der Waals surface area contributed by atoms with Crippen LogP contribution in [0.4, 0.5) is 5.69 Å². The minimum atomic E-state index is -0.329. The van der Waals surface area contributed by atoms with E-state index in [1.54, 1.807) is 0 Å². The van der Waals surface area contributed by atoms with E-state index in [4.69, 9.17) is 9.15 Å². The smallest absolute Gasteiger partial charge is 0.262 e. The van der Waals surface area contributed by atoms with Gasteiger partial charge in [0.05, 0.1) is 6.54 Å². The Morgan fingerprint density at radius 1 is 1.13 bits per heavy atom. The molecule has 0 radical (unpaired) electrons. The average molecular weight is 420 g/mol. The zero-order valence-corrected chi connectivity index (χ0v) is 17.6. The fraction of sp³-hybridized carbons (Fsp3) is 0.280. The van der Waals surface area contributed by atoms with Crippen LogP contribution >= 0.6 is 0 Å². The van der Waals surface area contributed by atoms with Crippen LogP contribution in [-0.4, -0.2) is 19.1 Å². The first-order valence-electron chi connectivity index (χ1n) is 10.6. The van der Waals surface area contributed by atoms with Gasteiger partial charge in [0.2, 0.25) is 11.2 Å². The number of quaternary nitrogens is 1. The molecule has 6 heteroatoms. The molecule has 0 aliphatic carbocycles. The molecule has 6 nitrogen and oxygen atoms in total. The molecule has 2 aromatic carbocycles. The van der Waals surface area contributed by atoms with Crippen molar-refractivity contribution >= 4 is 11.6 Å². The summed E-state index contributed by atoms with van der Waals surface area (Å²) in [6, 6.07) is 17.6. The van der Waals surface area contributed by atoms with Crippen LogP contribution in [0, 0.1) is 0 Å². The second-order valence-electron chi connectivity index (χ2n) is 7.83. The standard InChI is InChI=1S/C25H26N2O4/c1-2-18-7-9-21(10-8-18)26-25(29)17-31-24-16-30-22(13-23(24)28)15-27-12-11-19-5-3-4-6-20(19)14-27/h3-10,13,16H,2,11-12,14-15,17H2,1H3,(H,26,29)/p+1. The number of amides is 1. The topological polar surface area (TPSA) is 73.0 Å². The normalized spacial score (nSPS) is 15.2. The highest BCUT2D eigenvalue weighted by Gasteiger charge is 2.20. The van der Waals surface area contributed by atoms with Crippen molar-refractivity contribution in [3.63, 3.8) is 0 Å². The molecule has 4 rings (SSSR count). The van der Waals surface area contributed by atoms with Crippen LogP contribution in [0.15, 0.2) is 70.1 Å². The molecule has 0 saturated heterocycles. The largest absolute Gasteiger partial charge is 0.477 e. The van der Waals surface area contributed by atoms with Gasteiger partial charge in [-0.1, -0.05) is 43.3 Å². The zero-order valence-electron chi connectivity index (χ0n) is 17.6. The number of rotatable bonds is 7. The van der Waals surface area contributed by atoms with Crippen LogP contribution in [0.25, 0.3) is 0 Å². The molecule has 1 atom stereocenters. The Morgan fingerprint density at radius 3 is 2.65 bits per heavy atom. The summed E-state index contributed by atoms with van der Waals surface area (Å²) in [6.45, 7) is 4.37. The van der Waals surface area contributed by atoms with Crippen molar-refractivity contribution in [1.29, 1.82) is 0 Å². The van der Waals surface area contributed by atoms with Gasteiger partial charge in [0.15, 0.2) is 12.4 Å². The van der Waals surface area contributed by atoms with E-state index >= 15 is 0 Å². The van der Waals surface area contributed by atoms with Gasteiger partial charge in [-0.25, -0.2) is 0 Å². The maximum Gasteiger partial charge on any atom is 0.262 e. The minimum absolute atomic E-state index is 0.0409. The molecule has 1 unspecified atom stereocenters. The van der Waals surface area contributed by atoms with Crippen molar-refractivity contribution in [3.05, 3.63) is 93.5 Å². The molecule has 31 heavy (non-hydrogen) atoms. The Kier molecular flexibility index (Phi) is 6.48. The molecule has 0 bridgehead atoms. The van der Waals surface area contributed by atoms with Gasteiger partial charge in [-0.2, -0.15) is 0 Å². The number of benzene rings is 2. The molecule has 160 valence electrons.